The zero-order valence-corrected chi connectivity index (χ0v) is 12.5. The third-order valence-corrected chi connectivity index (χ3v) is 9.85. The molecule has 0 aliphatic rings. The van der Waals surface area contributed by atoms with Crippen LogP contribution in [0.3, 0.4) is 0 Å². The molecule has 1 atom stereocenters. The molecule has 94 valence electrons. The summed E-state index contributed by atoms with van der Waals surface area (Å²) >= 11 is 0. The maximum atomic E-state index is 8.94. The highest BCUT2D eigenvalue weighted by atomic mass is 28.3. The second-order valence-electron chi connectivity index (χ2n) is 5.46. The van der Waals surface area contributed by atoms with Crippen molar-refractivity contribution >= 4 is 8.07 Å². The molecular formula is C13H27NOSi. The Hall–Kier alpha value is -0.303. The van der Waals surface area contributed by atoms with Crippen molar-refractivity contribution in [3.05, 3.63) is 0 Å². The van der Waals surface area contributed by atoms with Gasteiger partial charge in [-0.2, -0.15) is 0 Å². The fourth-order valence-electron chi connectivity index (χ4n) is 2.70. The summed E-state index contributed by atoms with van der Waals surface area (Å²) in [6.07, 6.45) is 0. The Labute approximate surface area is 102 Å². The molecule has 2 nitrogen and oxygen atoms in total. The number of hydrogen-bond donors (Lipinski definition) is 2. The van der Waals surface area contributed by atoms with Crippen LogP contribution in [0.25, 0.3) is 0 Å². The molecule has 0 aromatic carbocycles. The van der Waals surface area contributed by atoms with Crippen molar-refractivity contribution in [3.8, 4) is 11.5 Å². The molecule has 3 N–H and O–H groups in total. The smallest absolute Gasteiger partial charge is 0.146 e. The zero-order valence-electron chi connectivity index (χ0n) is 11.5. The first-order valence-corrected chi connectivity index (χ1v) is 8.41. The van der Waals surface area contributed by atoms with Gasteiger partial charge in [0, 0.05) is 0 Å². The van der Waals surface area contributed by atoms with Gasteiger partial charge in [-0.05, 0) is 16.6 Å². The Kier molecular flexibility index (Phi) is 6.31. The lowest BCUT2D eigenvalue weighted by molar-refractivity contribution is 0.287. The van der Waals surface area contributed by atoms with E-state index < -0.39 is 8.07 Å². The van der Waals surface area contributed by atoms with E-state index >= 15 is 0 Å². The number of hydrogen-bond acceptors (Lipinski definition) is 2. The minimum absolute atomic E-state index is 0.0498. The summed E-state index contributed by atoms with van der Waals surface area (Å²) in [5.41, 5.74) is 11.0. The molecule has 0 bridgehead atoms. The Bertz CT molecular complexity index is 241. The Morgan fingerprint density at radius 2 is 1.38 bits per heavy atom. The van der Waals surface area contributed by atoms with Crippen LogP contribution in [-0.2, 0) is 0 Å². The predicted octanol–water partition coefficient (Wildman–Crippen LogP) is 2.53. The van der Waals surface area contributed by atoms with Crippen LogP contribution in [0.15, 0.2) is 0 Å². The summed E-state index contributed by atoms with van der Waals surface area (Å²) in [5.74, 6) is 3.06. The molecule has 0 saturated carbocycles. The highest BCUT2D eigenvalue weighted by Gasteiger charge is 2.41. The zero-order chi connectivity index (χ0) is 12.9. The van der Waals surface area contributed by atoms with E-state index in [-0.39, 0.29) is 12.6 Å². The molecule has 0 aromatic heterocycles. The topological polar surface area (TPSA) is 46.2 Å². The van der Waals surface area contributed by atoms with Gasteiger partial charge in [-0.15, -0.1) is 5.54 Å². The number of nitrogens with two attached hydrogens (primary N) is 1. The molecule has 0 rings (SSSR count). The van der Waals surface area contributed by atoms with Gasteiger partial charge in [0.05, 0.1) is 12.6 Å². The van der Waals surface area contributed by atoms with E-state index in [0.29, 0.717) is 16.6 Å². The second-order valence-corrected chi connectivity index (χ2v) is 11.0. The van der Waals surface area contributed by atoms with Crippen LogP contribution in [0, 0.1) is 11.5 Å². The SMILES string of the molecule is CC(C)[Si](C#C[C@H](N)CO)(C(C)C)C(C)C. The lowest BCUT2D eigenvalue weighted by atomic mass is 10.4. The van der Waals surface area contributed by atoms with E-state index in [1.807, 2.05) is 0 Å². The van der Waals surface area contributed by atoms with Crippen molar-refractivity contribution < 1.29 is 5.11 Å². The maximum absolute atomic E-state index is 8.94. The summed E-state index contributed by atoms with van der Waals surface area (Å²) in [6, 6.07) is -0.386. The Morgan fingerprint density at radius 3 is 1.62 bits per heavy atom. The van der Waals surface area contributed by atoms with Crippen LogP contribution < -0.4 is 5.73 Å². The second kappa shape index (κ2) is 6.44. The molecular weight excluding hydrogens is 214 g/mol. The number of aliphatic hydroxyl groups is 1. The van der Waals surface area contributed by atoms with Crippen molar-refractivity contribution in [2.45, 2.75) is 64.2 Å². The van der Waals surface area contributed by atoms with Gasteiger partial charge in [0.25, 0.3) is 0 Å². The van der Waals surface area contributed by atoms with Crippen LogP contribution in [0.4, 0.5) is 0 Å². The highest BCUT2D eigenvalue weighted by Crippen LogP contribution is 2.40. The molecule has 0 aliphatic carbocycles. The largest absolute Gasteiger partial charge is 0.394 e. The summed E-state index contributed by atoms with van der Waals surface area (Å²) in [7, 11) is -1.66. The van der Waals surface area contributed by atoms with Crippen LogP contribution in [0.5, 0.6) is 0 Å². The van der Waals surface area contributed by atoms with E-state index in [2.05, 4.69) is 53.0 Å². The molecule has 0 saturated heterocycles. The monoisotopic (exact) mass is 241 g/mol. The highest BCUT2D eigenvalue weighted by molar-refractivity contribution is 6.90. The van der Waals surface area contributed by atoms with Crippen molar-refractivity contribution in [2.24, 2.45) is 5.73 Å². The first-order valence-electron chi connectivity index (χ1n) is 6.18. The average molecular weight is 241 g/mol. The standard InChI is InChI=1S/C13H27NOSi/c1-10(2)16(11(3)4,12(5)6)8-7-13(14)9-15/h10-13,15H,9,14H2,1-6H3/t13-/m0/s1. The van der Waals surface area contributed by atoms with Gasteiger partial charge in [-0.1, -0.05) is 47.5 Å². The molecule has 3 heteroatoms. The third-order valence-electron chi connectivity index (χ3n) is 3.54. The molecule has 0 heterocycles. The van der Waals surface area contributed by atoms with E-state index in [1.165, 1.54) is 0 Å². The average Bonchev–Trinajstić information content (AvgIpc) is 2.16. The summed E-state index contributed by atoms with van der Waals surface area (Å²) in [6.45, 7) is 13.6. The molecule has 0 radical (unpaired) electrons. The van der Waals surface area contributed by atoms with E-state index in [0.717, 1.165) is 0 Å². The fourth-order valence-corrected chi connectivity index (χ4v) is 8.00. The van der Waals surface area contributed by atoms with Crippen LogP contribution in [0.1, 0.15) is 41.5 Å². The lowest BCUT2D eigenvalue weighted by Crippen LogP contribution is -2.43. The number of rotatable bonds is 4. The van der Waals surface area contributed by atoms with Gasteiger partial charge in [0.1, 0.15) is 8.07 Å². The Morgan fingerprint density at radius 1 is 1.00 bits per heavy atom. The van der Waals surface area contributed by atoms with Gasteiger partial charge in [0.2, 0.25) is 0 Å². The molecule has 0 amide bonds. The summed E-state index contributed by atoms with van der Waals surface area (Å²) in [4.78, 5) is 0. The van der Waals surface area contributed by atoms with Gasteiger partial charge in [-0.3, -0.25) is 0 Å². The quantitative estimate of drug-likeness (QED) is 0.587. The molecule has 0 spiro atoms. The molecule has 16 heavy (non-hydrogen) atoms. The van der Waals surface area contributed by atoms with Gasteiger partial charge < -0.3 is 10.8 Å². The van der Waals surface area contributed by atoms with Gasteiger partial charge >= 0.3 is 0 Å². The van der Waals surface area contributed by atoms with Crippen molar-refractivity contribution in [3.63, 3.8) is 0 Å². The first kappa shape index (κ1) is 15.7. The molecule has 0 aliphatic heterocycles. The molecule has 0 fully saturated rings. The van der Waals surface area contributed by atoms with Crippen molar-refractivity contribution in [1.82, 2.24) is 0 Å². The van der Waals surface area contributed by atoms with E-state index in [9.17, 15) is 0 Å². The van der Waals surface area contributed by atoms with E-state index in [1.54, 1.807) is 0 Å². The summed E-state index contributed by atoms with van der Waals surface area (Å²) in [5, 5.41) is 8.94. The molecule has 0 aromatic rings. The fraction of sp³-hybridized carbons (Fsp3) is 0.846. The van der Waals surface area contributed by atoms with Crippen LogP contribution in [0.2, 0.25) is 16.6 Å². The predicted molar refractivity (Wildman–Crippen MR) is 73.9 cm³/mol. The maximum Gasteiger partial charge on any atom is 0.146 e. The minimum atomic E-state index is -1.66. The minimum Gasteiger partial charge on any atom is -0.394 e. The Balaban J connectivity index is 5.26. The normalized spacial score (nSPS) is 14.2. The summed E-state index contributed by atoms with van der Waals surface area (Å²) < 4.78 is 0. The van der Waals surface area contributed by atoms with Crippen LogP contribution >= 0.6 is 0 Å². The number of aliphatic hydroxyl groups excluding tert-OH is 1. The van der Waals surface area contributed by atoms with Crippen LogP contribution in [-0.4, -0.2) is 25.8 Å². The third kappa shape index (κ3) is 3.34. The van der Waals surface area contributed by atoms with Crippen molar-refractivity contribution in [1.29, 1.82) is 0 Å². The lowest BCUT2D eigenvalue weighted by Gasteiger charge is -2.38. The first-order chi connectivity index (χ1) is 7.28. The van der Waals surface area contributed by atoms with Gasteiger partial charge in [0.15, 0.2) is 0 Å². The molecule has 0 unspecified atom stereocenters. The van der Waals surface area contributed by atoms with Gasteiger partial charge in [-0.25, -0.2) is 0 Å². The van der Waals surface area contributed by atoms with Crippen molar-refractivity contribution in [2.75, 3.05) is 6.61 Å². The van der Waals surface area contributed by atoms with E-state index in [4.69, 9.17) is 10.8 Å².